The molecule has 0 saturated heterocycles. The first-order valence-corrected chi connectivity index (χ1v) is 7.71. The van der Waals surface area contributed by atoms with E-state index in [4.69, 9.17) is 0 Å². The summed E-state index contributed by atoms with van der Waals surface area (Å²) >= 11 is 3.59. The van der Waals surface area contributed by atoms with Gasteiger partial charge in [-0.2, -0.15) is 4.68 Å². The second-order valence-corrected chi connectivity index (χ2v) is 5.84. The minimum Gasteiger partial charge on any atom is -0.197 e. The normalized spacial score (nSPS) is 12.8. The zero-order chi connectivity index (χ0) is 13.7. The first-order chi connectivity index (χ1) is 9.20. The number of hydrogen-bond acceptors (Lipinski definition) is 3. The van der Waals surface area contributed by atoms with Gasteiger partial charge < -0.3 is 0 Å². The van der Waals surface area contributed by atoms with Crippen LogP contribution in [0.1, 0.15) is 26.1 Å². The van der Waals surface area contributed by atoms with E-state index < -0.39 is 0 Å². The highest BCUT2D eigenvalue weighted by Crippen LogP contribution is 2.19. The van der Waals surface area contributed by atoms with E-state index in [1.165, 1.54) is 6.42 Å². The van der Waals surface area contributed by atoms with Crippen LogP contribution >= 0.6 is 15.9 Å². The van der Waals surface area contributed by atoms with Crippen molar-refractivity contribution < 1.29 is 0 Å². The molecule has 5 heteroatoms. The van der Waals surface area contributed by atoms with Crippen molar-refractivity contribution in [1.29, 1.82) is 0 Å². The number of nitrogens with zero attached hydrogens (tertiary/aromatic N) is 4. The molecular formula is C14H19BrN4. The van der Waals surface area contributed by atoms with Gasteiger partial charge in [-0.1, -0.05) is 48.0 Å². The predicted molar refractivity (Wildman–Crippen MR) is 79.6 cm³/mol. The zero-order valence-electron chi connectivity index (χ0n) is 11.3. The summed E-state index contributed by atoms with van der Waals surface area (Å²) in [4.78, 5) is 0. The van der Waals surface area contributed by atoms with Crippen LogP contribution in [0.15, 0.2) is 30.3 Å². The maximum Gasteiger partial charge on any atom is 0.157 e. The molecule has 4 nitrogen and oxygen atoms in total. The van der Waals surface area contributed by atoms with Crippen molar-refractivity contribution in [3.63, 3.8) is 0 Å². The molecule has 0 amide bonds. The molecule has 0 aliphatic carbocycles. The smallest absolute Gasteiger partial charge is 0.157 e. The monoisotopic (exact) mass is 322 g/mol. The molecular weight excluding hydrogens is 304 g/mol. The molecule has 1 aromatic carbocycles. The van der Waals surface area contributed by atoms with E-state index in [1.54, 1.807) is 0 Å². The molecule has 1 unspecified atom stereocenters. The Morgan fingerprint density at radius 1 is 1.21 bits per heavy atom. The number of halogens is 1. The SMILES string of the molecule is CC(C)CC(CBr)Cc1nnnn1-c1ccccc1. The van der Waals surface area contributed by atoms with Gasteiger partial charge in [-0.15, -0.1) is 5.10 Å². The van der Waals surface area contributed by atoms with E-state index in [1.807, 2.05) is 35.0 Å². The Bertz CT molecular complexity index is 495. The number of rotatable bonds is 6. The van der Waals surface area contributed by atoms with Crippen molar-refractivity contribution in [2.24, 2.45) is 11.8 Å². The lowest BCUT2D eigenvalue weighted by Gasteiger charge is -2.15. The average Bonchev–Trinajstić information content (AvgIpc) is 2.86. The van der Waals surface area contributed by atoms with Gasteiger partial charge in [0.25, 0.3) is 0 Å². The van der Waals surface area contributed by atoms with Crippen molar-refractivity contribution in [2.45, 2.75) is 26.7 Å². The third kappa shape index (κ3) is 3.86. The topological polar surface area (TPSA) is 43.6 Å². The fraction of sp³-hybridized carbons (Fsp3) is 0.500. The molecule has 1 atom stereocenters. The Morgan fingerprint density at radius 2 is 1.95 bits per heavy atom. The second kappa shape index (κ2) is 6.80. The number of alkyl halides is 1. The Hall–Kier alpha value is -1.23. The zero-order valence-corrected chi connectivity index (χ0v) is 12.9. The fourth-order valence-corrected chi connectivity index (χ4v) is 2.72. The van der Waals surface area contributed by atoms with E-state index in [0.29, 0.717) is 11.8 Å². The third-order valence-corrected chi connectivity index (χ3v) is 3.94. The van der Waals surface area contributed by atoms with Gasteiger partial charge in [-0.25, -0.2) is 0 Å². The largest absolute Gasteiger partial charge is 0.197 e. The van der Waals surface area contributed by atoms with Crippen LogP contribution in [-0.4, -0.2) is 25.5 Å². The molecule has 19 heavy (non-hydrogen) atoms. The summed E-state index contributed by atoms with van der Waals surface area (Å²) in [5, 5.41) is 13.1. The van der Waals surface area contributed by atoms with Crippen molar-refractivity contribution in [2.75, 3.05) is 5.33 Å². The molecule has 1 aromatic heterocycles. The summed E-state index contributed by atoms with van der Waals surface area (Å²) in [6.07, 6.45) is 2.07. The highest BCUT2D eigenvalue weighted by atomic mass is 79.9. The third-order valence-electron chi connectivity index (χ3n) is 3.03. The molecule has 0 spiro atoms. The van der Waals surface area contributed by atoms with Crippen molar-refractivity contribution in [3.05, 3.63) is 36.2 Å². The van der Waals surface area contributed by atoms with Gasteiger partial charge in [0.2, 0.25) is 0 Å². The van der Waals surface area contributed by atoms with Crippen LogP contribution in [0.5, 0.6) is 0 Å². The van der Waals surface area contributed by atoms with E-state index >= 15 is 0 Å². The van der Waals surface area contributed by atoms with Crippen molar-refractivity contribution in [3.8, 4) is 5.69 Å². The quantitative estimate of drug-likeness (QED) is 0.767. The number of benzene rings is 1. The van der Waals surface area contributed by atoms with Gasteiger partial charge in [0, 0.05) is 11.8 Å². The summed E-state index contributed by atoms with van der Waals surface area (Å²) in [6, 6.07) is 10.0. The van der Waals surface area contributed by atoms with Crippen LogP contribution < -0.4 is 0 Å². The number of para-hydroxylation sites is 1. The maximum atomic E-state index is 4.17. The van der Waals surface area contributed by atoms with E-state index in [0.717, 1.165) is 23.3 Å². The number of aromatic nitrogens is 4. The van der Waals surface area contributed by atoms with E-state index in [9.17, 15) is 0 Å². The molecule has 0 radical (unpaired) electrons. The minimum atomic E-state index is 0.563. The van der Waals surface area contributed by atoms with Crippen LogP contribution in [0.2, 0.25) is 0 Å². The molecule has 0 fully saturated rings. The molecule has 0 bridgehead atoms. The highest BCUT2D eigenvalue weighted by molar-refractivity contribution is 9.09. The van der Waals surface area contributed by atoms with Crippen molar-refractivity contribution >= 4 is 15.9 Å². The molecule has 102 valence electrons. The first-order valence-electron chi connectivity index (χ1n) is 6.59. The summed E-state index contributed by atoms with van der Waals surface area (Å²) in [6.45, 7) is 4.49. The molecule has 2 aromatic rings. The summed E-state index contributed by atoms with van der Waals surface area (Å²) in [5.74, 6) is 2.17. The highest BCUT2D eigenvalue weighted by Gasteiger charge is 2.16. The minimum absolute atomic E-state index is 0.563. The van der Waals surface area contributed by atoms with Gasteiger partial charge >= 0.3 is 0 Å². The lowest BCUT2D eigenvalue weighted by molar-refractivity contribution is 0.435. The summed E-state index contributed by atoms with van der Waals surface area (Å²) in [5.41, 5.74) is 1.01. The number of tetrazole rings is 1. The Kier molecular flexibility index (Phi) is 5.07. The molecule has 0 N–H and O–H groups in total. The lowest BCUT2D eigenvalue weighted by atomic mass is 9.96. The molecule has 0 saturated carbocycles. The van der Waals surface area contributed by atoms with E-state index in [2.05, 4.69) is 45.3 Å². The van der Waals surface area contributed by atoms with Gasteiger partial charge in [0.15, 0.2) is 5.82 Å². The Balaban J connectivity index is 2.16. The van der Waals surface area contributed by atoms with Crippen LogP contribution in [0.25, 0.3) is 5.69 Å². The standard InChI is InChI=1S/C14H19BrN4/c1-11(2)8-12(10-15)9-14-16-17-18-19(14)13-6-4-3-5-7-13/h3-7,11-12H,8-10H2,1-2H3. The Labute approximate surface area is 122 Å². The lowest BCUT2D eigenvalue weighted by Crippen LogP contribution is -2.13. The molecule has 2 rings (SSSR count). The first kappa shape index (κ1) is 14.2. The maximum absolute atomic E-state index is 4.17. The fourth-order valence-electron chi connectivity index (χ4n) is 2.23. The van der Waals surface area contributed by atoms with Gasteiger partial charge in [-0.05, 0) is 40.8 Å². The summed E-state index contributed by atoms with van der Waals surface area (Å²) in [7, 11) is 0. The van der Waals surface area contributed by atoms with Crippen LogP contribution in [0.4, 0.5) is 0 Å². The average molecular weight is 323 g/mol. The number of hydrogen-bond donors (Lipinski definition) is 0. The van der Waals surface area contributed by atoms with Gasteiger partial charge in [-0.3, -0.25) is 0 Å². The van der Waals surface area contributed by atoms with Gasteiger partial charge in [0.05, 0.1) is 5.69 Å². The van der Waals surface area contributed by atoms with Gasteiger partial charge in [0.1, 0.15) is 0 Å². The van der Waals surface area contributed by atoms with E-state index in [-0.39, 0.29) is 0 Å². The van der Waals surface area contributed by atoms with Crippen LogP contribution in [0.3, 0.4) is 0 Å². The van der Waals surface area contributed by atoms with Crippen molar-refractivity contribution in [1.82, 2.24) is 20.2 Å². The Morgan fingerprint density at radius 3 is 2.58 bits per heavy atom. The molecule has 0 aliphatic heterocycles. The summed E-state index contributed by atoms with van der Waals surface area (Å²) < 4.78 is 1.83. The second-order valence-electron chi connectivity index (χ2n) is 5.20. The molecule has 1 heterocycles. The van der Waals surface area contributed by atoms with Crippen LogP contribution in [0, 0.1) is 11.8 Å². The van der Waals surface area contributed by atoms with Crippen LogP contribution in [-0.2, 0) is 6.42 Å². The predicted octanol–water partition coefficient (Wildman–Crippen LogP) is 3.26. The molecule has 0 aliphatic rings.